The van der Waals surface area contributed by atoms with Gasteiger partial charge in [-0.25, -0.2) is 0 Å². The molecule has 362 valence electrons. The van der Waals surface area contributed by atoms with E-state index in [4.69, 9.17) is 23.7 Å². The molecule has 2 aromatic rings. The summed E-state index contributed by atoms with van der Waals surface area (Å²) < 4.78 is 32.2. The van der Waals surface area contributed by atoms with E-state index in [1.54, 1.807) is 0 Å². The Balaban J connectivity index is 0.000000270. The molecule has 0 saturated heterocycles. The third-order valence-corrected chi connectivity index (χ3v) is 13.0. The van der Waals surface area contributed by atoms with Crippen LogP contribution in [0.4, 0.5) is 0 Å². The van der Waals surface area contributed by atoms with Gasteiger partial charge in [0, 0.05) is 39.5 Å². The van der Waals surface area contributed by atoms with E-state index in [0.717, 1.165) is 57.6 Å². The second-order valence-electron chi connectivity index (χ2n) is 21.1. The van der Waals surface area contributed by atoms with Crippen LogP contribution in [0.3, 0.4) is 0 Å². The normalized spacial score (nSPS) is 19.2. The van der Waals surface area contributed by atoms with E-state index in [9.17, 15) is 19.2 Å². The molecule has 2 aliphatic carbocycles. The van der Waals surface area contributed by atoms with Crippen molar-refractivity contribution in [1.29, 1.82) is 0 Å². The highest BCUT2D eigenvalue weighted by molar-refractivity contribution is 5.92. The Morgan fingerprint density at radius 1 is 0.657 bits per heavy atom. The van der Waals surface area contributed by atoms with Crippen molar-refractivity contribution in [2.45, 2.75) is 138 Å². The van der Waals surface area contributed by atoms with Crippen LogP contribution in [0.2, 0.25) is 0 Å². The molecular formula is C57H74O10. The summed E-state index contributed by atoms with van der Waals surface area (Å²) in [5.74, 6) is -0.207. The van der Waals surface area contributed by atoms with Crippen LogP contribution >= 0.6 is 0 Å². The summed E-state index contributed by atoms with van der Waals surface area (Å²) in [5, 5.41) is 0. The van der Waals surface area contributed by atoms with Gasteiger partial charge in [0.25, 0.3) is 6.47 Å². The van der Waals surface area contributed by atoms with Gasteiger partial charge in [-0.1, -0.05) is 167 Å². The number of ether oxygens (including phenoxy) is 6. The quantitative estimate of drug-likeness (QED) is 0.0655. The standard InChI is InChI=1S/C32H42O8.C25H32O2/c1-22-18-24(8-7-11-32(22,5)6)28-25-19-23(20-26(31(2,3)4)29(25)40-30(28)35)9-10-27(34)39-17-16-37-13-12-36-14-15-38-21-33;1-8-10-17-14-19-21(18-11-9-12-25(6,7)16(2)13-18)23(26)27-22(19)20(15-17)24(3,4)5/h7-8,11,18-21,28H,9-10,12-17H2,1-6H3;9,11-15,21H,8,10H2,1-7H3. The summed E-state index contributed by atoms with van der Waals surface area (Å²) in [6.45, 7) is 29.9. The number of hydrogen-bond donors (Lipinski definition) is 0. The maximum atomic E-state index is 13.2. The lowest BCUT2D eigenvalue weighted by molar-refractivity contribution is -0.145. The first kappa shape index (κ1) is 52.6. The monoisotopic (exact) mass is 919 g/mol. The number of rotatable bonds is 17. The van der Waals surface area contributed by atoms with E-state index >= 15 is 0 Å². The lowest BCUT2D eigenvalue weighted by atomic mass is 9.80. The molecule has 67 heavy (non-hydrogen) atoms. The summed E-state index contributed by atoms with van der Waals surface area (Å²) in [5.41, 5.74) is 10.1. The Labute approximate surface area is 399 Å². The van der Waals surface area contributed by atoms with Crippen molar-refractivity contribution in [3.05, 3.63) is 129 Å². The maximum absolute atomic E-state index is 13.2. The smallest absolute Gasteiger partial charge is 0.323 e. The molecule has 0 radical (unpaired) electrons. The molecule has 2 aromatic carbocycles. The Hall–Kier alpha value is -5.32. The van der Waals surface area contributed by atoms with Gasteiger partial charge in [0.05, 0.1) is 26.4 Å². The minimum absolute atomic E-state index is 0.00970. The van der Waals surface area contributed by atoms with Crippen LogP contribution in [0.5, 0.6) is 11.5 Å². The first-order chi connectivity index (χ1) is 31.5. The first-order valence-electron chi connectivity index (χ1n) is 23.8. The van der Waals surface area contributed by atoms with Crippen molar-refractivity contribution in [3.63, 3.8) is 0 Å². The second-order valence-corrected chi connectivity index (χ2v) is 21.1. The van der Waals surface area contributed by atoms with Crippen LogP contribution in [-0.2, 0) is 61.8 Å². The molecule has 10 nitrogen and oxygen atoms in total. The van der Waals surface area contributed by atoms with E-state index in [1.807, 2.05) is 24.3 Å². The SMILES string of the molecule is CC1=CC(C2C(=O)Oc3c2cc(CCC(=O)OCCOCCOCCOC=O)cc3C(C)(C)C)=CC=CC1(C)C.CCCc1cc2c(c(C(C)(C)C)c1)OC(=O)C2C1=CC=CC(C)(C)C(C)=C1. The van der Waals surface area contributed by atoms with Crippen LogP contribution in [0.1, 0.15) is 148 Å². The molecule has 0 saturated carbocycles. The lowest BCUT2D eigenvalue weighted by Crippen LogP contribution is -2.15. The molecule has 0 amide bonds. The van der Waals surface area contributed by atoms with Gasteiger partial charge < -0.3 is 28.4 Å². The molecule has 6 rings (SSSR count). The highest BCUT2D eigenvalue weighted by Gasteiger charge is 2.41. The predicted molar refractivity (Wildman–Crippen MR) is 263 cm³/mol. The average Bonchev–Trinajstić information content (AvgIpc) is 3.66. The van der Waals surface area contributed by atoms with E-state index in [0.29, 0.717) is 38.5 Å². The van der Waals surface area contributed by atoms with Crippen LogP contribution < -0.4 is 9.47 Å². The van der Waals surface area contributed by atoms with Gasteiger partial charge in [0.1, 0.15) is 36.5 Å². The summed E-state index contributed by atoms with van der Waals surface area (Å²) in [7, 11) is 0. The molecule has 0 fully saturated rings. The number of allylic oxidation sites excluding steroid dienone is 10. The largest absolute Gasteiger partial charge is 0.465 e. The summed E-state index contributed by atoms with van der Waals surface area (Å²) in [4.78, 5) is 48.6. The predicted octanol–water partition coefficient (Wildman–Crippen LogP) is 11.5. The topological polar surface area (TPSA) is 124 Å². The summed E-state index contributed by atoms with van der Waals surface area (Å²) in [6, 6.07) is 8.45. The van der Waals surface area contributed by atoms with Crippen molar-refractivity contribution in [2.75, 3.05) is 39.6 Å². The van der Waals surface area contributed by atoms with Gasteiger partial charge in [-0.15, -0.1) is 0 Å². The molecule has 10 heteroatoms. The molecule has 2 heterocycles. The lowest BCUT2D eigenvalue weighted by Gasteiger charge is -2.23. The van der Waals surface area contributed by atoms with Crippen LogP contribution in [0, 0.1) is 10.8 Å². The summed E-state index contributed by atoms with van der Waals surface area (Å²) >= 11 is 0. The van der Waals surface area contributed by atoms with E-state index < -0.39 is 5.92 Å². The molecule has 0 N–H and O–H groups in total. The fourth-order valence-electron chi connectivity index (χ4n) is 8.38. The third-order valence-electron chi connectivity index (χ3n) is 13.0. The van der Waals surface area contributed by atoms with Crippen LogP contribution in [0.15, 0.2) is 95.2 Å². The number of esters is 3. The van der Waals surface area contributed by atoms with Crippen molar-refractivity contribution in [2.24, 2.45) is 10.8 Å². The van der Waals surface area contributed by atoms with Crippen molar-refractivity contribution >= 4 is 24.4 Å². The van der Waals surface area contributed by atoms with Gasteiger partial charge in [-0.2, -0.15) is 0 Å². The fourth-order valence-corrected chi connectivity index (χ4v) is 8.38. The molecule has 0 spiro atoms. The minimum Gasteiger partial charge on any atom is -0.465 e. The molecular weight excluding hydrogens is 845 g/mol. The van der Waals surface area contributed by atoms with Crippen LogP contribution in [0.25, 0.3) is 0 Å². The zero-order chi connectivity index (χ0) is 49.3. The van der Waals surface area contributed by atoms with Gasteiger partial charge in [0.2, 0.25) is 0 Å². The molecule has 0 aromatic heterocycles. The van der Waals surface area contributed by atoms with E-state index in [-0.39, 0.29) is 71.7 Å². The fraction of sp³-hybridized carbons (Fsp3) is 0.509. The maximum Gasteiger partial charge on any atom is 0.323 e. The second kappa shape index (κ2) is 22.2. The average molecular weight is 919 g/mol. The number of benzene rings is 2. The molecule has 2 unspecified atom stereocenters. The Kier molecular flexibility index (Phi) is 17.4. The molecule has 2 atom stereocenters. The van der Waals surface area contributed by atoms with Crippen LogP contribution in [-0.4, -0.2) is 64.0 Å². The van der Waals surface area contributed by atoms with Crippen molar-refractivity contribution in [3.8, 4) is 11.5 Å². The van der Waals surface area contributed by atoms with Gasteiger partial charge in [0.15, 0.2) is 0 Å². The number of carbonyl (C=O) groups excluding carboxylic acids is 4. The van der Waals surface area contributed by atoms with Crippen molar-refractivity contribution < 1.29 is 47.6 Å². The zero-order valence-electron chi connectivity index (χ0n) is 42.3. The number of carbonyl (C=O) groups is 4. The Bertz CT molecular complexity index is 2350. The third kappa shape index (κ3) is 13.4. The van der Waals surface area contributed by atoms with Crippen molar-refractivity contribution in [1.82, 2.24) is 0 Å². The Morgan fingerprint density at radius 2 is 1.09 bits per heavy atom. The molecule has 0 bridgehead atoms. The Morgan fingerprint density at radius 3 is 1.52 bits per heavy atom. The molecule has 4 aliphatic rings. The zero-order valence-corrected chi connectivity index (χ0v) is 42.3. The van der Waals surface area contributed by atoms with Gasteiger partial charge in [-0.3, -0.25) is 19.2 Å². The highest BCUT2D eigenvalue weighted by atomic mass is 16.6. The highest BCUT2D eigenvalue weighted by Crippen LogP contribution is 2.49. The minimum atomic E-state index is -0.518. The summed E-state index contributed by atoms with van der Waals surface area (Å²) in [6.07, 6.45) is 19.5. The first-order valence-corrected chi connectivity index (χ1v) is 23.8. The number of fused-ring (bicyclic) bond motifs is 2. The number of aryl methyl sites for hydroxylation is 2. The van der Waals surface area contributed by atoms with E-state index in [2.05, 4.69) is 143 Å². The van der Waals surface area contributed by atoms with Gasteiger partial charge in [-0.05, 0) is 59.8 Å². The molecule has 2 aliphatic heterocycles. The van der Waals surface area contributed by atoms with E-state index in [1.165, 1.54) is 16.7 Å². The van der Waals surface area contributed by atoms with Gasteiger partial charge >= 0.3 is 17.9 Å². The number of hydrogen-bond acceptors (Lipinski definition) is 10.